The Morgan fingerprint density at radius 3 is 3.07 bits per heavy atom. The first-order valence-electron chi connectivity index (χ1n) is 5.61. The van der Waals surface area contributed by atoms with Gasteiger partial charge in [-0.2, -0.15) is 0 Å². The molecule has 0 radical (unpaired) electrons. The first-order valence-corrected chi connectivity index (χ1v) is 6.49. The zero-order chi connectivity index (χ0) is 10.5. The number of rotatable bonds is 2. The summed E-state index contributed by atoms with van der Waals surface area (Å²) in [4.78, 5) is 1.48. The van der Waals surface area contributed by atoms with Crippen LogP contribution in [0.2, 0.25) is 0 Å². The van der Waals surface area contributed by atoms with E-state index in [0.717, 1.165) is 13.2 Å². The van der Waals surface area contributed by atoms with Crippen LogP contribution in [0.25, 0.3) is 0 Å². The minimum absolute atomic E-state index is 0.287. The standard InChI is InChI=1S/C12H17NOS/c1-8-6-15-11-9(5-13-2)14-7-12(3-4-12)10(8)11/h6,9,13H,3-5,7H2,1-2H3. The lowest BCUT2D eigenvalue weighted by Gasteiger charge is -2.30. The Morgan fingerprint density at radius 1 is 1.60 bits per heavy atom. The molecule has 2 nitrogen and oxygen atoms in total. The summed E-state index contributed by atoms with van der Waals surface area (Å²) in [5.74, 6) is 0. The number of ether oxygens (including phenoxy) is 1. The highest BCUT2D eigenvalue weighted by atomic mass is 32.1. The lowest BCUT2D eigenvalue weighted by atomic mass is 9.90. The molecule has 2 aliphatic rings. The summed E-state index contributed by atoms with van der Waals surface area (Å²) < 4.78 is 5.98. The van der Waals surface area contributed by atoms with Gasteiger partial charge in [0.25, 0.3) is 0 Å². The summed E-state index contributed by atoms with van der Waals surface area (Å²) in [7, 11) is 1.99. The van der Waals surface area contributed by atoms with Crippen molar-refractivity contribution in [2.24, 2.45) is 0 Å². The molecule has 0 amide bonds. The van der Waals surface area contributed by atoms with Crippen molar-refractivity contribution in [1.82, 2.24) is 5.32 Å². The van der Waals surface area contributed by atoms with Crippen LogP contribution in [0.4, 0.5) is 0 Å². The van der Waals surface area contributed by atoms with Crippen molar-refractivity contribution >= 4 is 11.3 Å². The average molecular weight is 223 g/mol. The third-order valence-corrected chi connectivity index (χ3v) is 4.82. The number of hydrogen-bond acceptors (Lipinski definition) is 3. The molecule has 1 aromatic rings. The second-order valence-electron chi connectivity index (χ2n) is 4.80. The van der Waals surface area contributed by atoms with Crippen LogP contribution in [-0.4, -0.2) is 20.2 Å². The number of aryl methyl sites for hydroxylation is 1. The highest BCUT2D eigenvalue weighted by Gasteiger charge is 2.51. The fourth-order valence-electron chi connectivity index (χ4n) is 2.67. The Labute approximate surface area is 94.6 Å². The Hall–Kier alpha value is -0.380. The van der Waals surface area contributed by atoms with Gasteiger partial charge in [0.2, 0.25) is 0 Å². The molecule has 1 aromatic heterocycles. The fraction of sp³-hybridized carbons (Fsp3) is 0.667. The molecule has 3 heteroatoms. The number of thiophene rings is 1. The topological polar surface area (TPSA) is 21.3 Å². The lowest BCUT2D eigenvalue weighted by Crippen LogP contribution is -2.30. The molecule has 1 N–H and O–H groups in total. The molecule has 1 aliphatic carbocycles. The van der Waals surface area contributed by atoms with Crippen molar-refractivity contribution < 1.29 is 4.74 Å². The largest absolute Gasteiger partial charge is 0.370 e. The van der Waals surface area contributed by atoms with Gasteiger partial charge in [0, 0.05) is 16.8 Å². The fourth-order valence-corrected chi connectivity index (χ4v) is 3.89. The molecular weight excluding hydrogens is 206 g/mol. The van der Waals surface area contributed by atoms with Crippen molar-refractivity contribution in [3.05, 3.63) is 21.4 Å². The summed E-state index contributed by atoms with van der Waals surface area (Å²) in [6, 6.07) is 0. The molecule has 1 fully saturated rings. The first-order chi connectivity index (χ1) is 7.27. The summed E-state index contributed by atoms with van der Waals surface area (Å²) in [6.07, 6.45) is 2.93. The van der Waals surface area contributed by atoms with E-state index in [1.165, 1.54) is 23.3 Å². The van der Waals surface area contributed by atoms with E-state index in [0.29, 0.717) is 5.41 Å². The third kappa shape index (κ3) is 1.37. The molecule has 82 valence electrons. The van der Waals surface area contributed by atoms with E-state index in [1.807, 2.05) is 18.4 Å². The van der Waals surface area contributed by atoms with Crippen LogP contribution in [0.15, 0.2) is 5.38 Å². The molecule has 2 heterocycles. The van der Waals surface area contributed by atoms with E-state index < -0.39 is 0 Å². The van der Waals surface area contributed by atoms with Gasteiger partial charge in [0.05, 0.1) is 6.61 Å². The van der Waals surface area contributed by atoms with Gasteiger partial charge >= 0.3 is 0 Å². The Morgan fingerprint density at radius 2 is 2.40 bits per heavy atom. The molecule has 1 atom stereocenters. The van der Waals surface area contributed by atoms with E-state index in [4.69, 9.17) is 4.74 Å². The highest BCUT2D eigenvalue weighted by molar-refractivity contribution is 7.10. The molecule has 0 saturated heterocycles. The summed E-state index contributed by atoms with van der Waals surface area (Å²) in [6.45, 7) is 4.12. The maximum atomic E-state index is 5.98. The molecule has 1 aliphatic heterocycles. The van der Waals surface area contributed by atoms with E-state index in [-0.39, 0.29) is 6.10 Å². The maximum absolute atomic E-state index is 5.98. The minimum Gasteiger partial charge on any atom is -0.370 e. The third-order valence-electron chi connectivity index (χ3n) is 3.63. The van der Waals surface area contributed by atoms with E-state index >= 15 is 0 Å². The minimum atomic E-state index is 0.287. The van der Waals surface area contributed by atoms with Gasteiger partial charge in [-0.05, 0) is 43.3 Å². The highest BCUT2D eigenvalue weighted by Crippen LogP contribution is 2.56. The smallest absolute Gasteiger partial charge is 0.104 e. The van der Waals surface area contributed by atoms with Crippen LogP contribution in [0, 0.1) is 6.92 Å². The van der Waals surface area contributed by atoms with Gasteiger partial charge in [0.15, 0.2) is 0 Å². The van der Waals surface area contributed by atoms with Gasteiger partial charge in [-0.25, -0.2) is 0 Å². The molecule has 3 rings (SSSR count). The second-order valence-corrected chi connectivity index (χ2v) is 5.71. The van der Waals surface area contributed by atoms with Crippen LogP contribution in [-0.2, 0) is 10.2 Å². The summed E-state index contributed by atoms with van der Waals surface area (Å²) in [5, 5.41) is 5.51. The average Bonchev–Trinajstić information content (AvgIpc) is 2.88. The van der Waals surface area contributed by atoms with E-state index in [9.17, 15) is 0 Å². The molecule has 0 bridgehead atoms. The quantitative estimate of drug-likeness (QED) is 0.831. The van der Waals surface area contributed by atoms with Gasteiger partial charge in [-0.15, -0.1) is 11.3 Å². The van der Waals surface area contributed by atoms with Crippen molar-refractivity contribution in [3.63, 3.8) is 0 Å². The van der Waals surface area contributed by atoms with Gasteiger partial charge in [-0.3, -0.25) is 0 Å². The molecule has 1 saturated carbocycles. The lowest BCUT2D eigenvalue weighted by molar-refractivity contribution is 0.0259. The molecule has 1 spiro atoms. The maximum Gasteiger partial charge on any atom is 0.104 e. The molecule has 0 aromatic carbocycles. The molecular formula is C12H17NOS. The first kappa shape index (κ1) is 9.82. The van der Waals surface area contributed by atoms with Crippen LogP contribution in [0.3, 0.4) is 0 Å². The number of hydrogen-bond donors (Lipinski definition) is 1. The normalized spacial score (nSPS) is 26.7. The zero-order valence-corrected chi connectivity index (χ0v) is 10.1. The Balaban J connectivity index is 2.02. The molecule has 15 heavy (non-hydrogen) atoms. The van der Waals surface area contributed by atoms with Gasteiger partial charge < -0.3 is 10.1 Å². The van der Waals surface area contributed by atoms with Gasteiger partial charge in [-0.1, -0.05) is 0 Å². The van der Waals surface area contributed by atoms with Crippen LogP contribution < -0.4 is 5.32 Å². The Bertz CT molecular complexity index is 381. The van der Waals surface area contributed by atoms with E-state index in [1.54, 1.807) is 5.56 Å². The van der Waals surface area contributed by atoms with Crippen LogP contribution >= 0.6 is 11.3 Å². The predicted octanol–water partition coefficient (Wildman–Crippen LogP) is 2.38. The Kier molecular flexibility index (Phi) is 2.16. The number of nitrogens with one attached hydrogen (secondary N) is 1. The van der Waals surface area contributed by atoms with Crippen molar-refractivity contribution in [1.29, 1.82) is 0 Å². The number of likely N-dealkylation sites (N-methyl/N-ethyl adjacent to an activating group) is 1. The zero-order valence-electron chi connectivity index (χ0n) is 9.30. The summed E-state index contributed by atoms with van der Waals surface area (Å²) >= 11 is 1.88. The van der Waals surface area contributed by atoms with E-state index in [2.05, 4.69) is 17.6 Å². The van der Waals surface area contributed by atoms with Crippen molar-refractivity contribution in [3.8, 4) is 0 Å². The van der Waals surface area contributed by atoms with Crippen LogP contribution in [0.5, 0.6) is 0 Å². The van der Waals surface area contributed by atoms with Crippen LogP contribution in [0.1, 0.15) is 34.9 Å². The van der Waals surface area contributed by atoms with Crippen molar-refractivity contribution in [2.45, 2.75) is 31.3 Å². The second kappa shape index (κ2) is 3.30. The van der Waals surface area contributed by atoms with Gasteiger partial charge in [0.1, 0.15) is 6.10 Å². The molecule has 1 unspecified atom stereocenters. The monoisotopic (exact) mass is 223 g/mol. The SMILES string of the molecule is CNCC1OCC2(CC2)c2c(C)csc21. The number of fused-ring (bicyclic) bond motifs is 2. The summed E-state index contributed by atoms with van der Waals surface area (Å²) in [5.41, 5.74) is 3.53. The predicted molar refractivity (Wildman–Crippen MR) is 62.6 cm³/mol. The van der Waals surface area contributed by atoms with Crippen molar-refractivity contribution in [2.75, 3.05) is 20.2 Å².